The highest BCUT2D eigenvalue weighted by Crippen LogP contribution is 2.50. The van der Waals surface area contributed by atoms with Crippen molar-refractivity contribution in [3.63, 3.8) is 0 Å². The van der Waals surface area contributed by atoms with Crippen molar-refractivity contribution in [1.29, 1.82) is 0 Å². The van der Waals surface area contributed by atoms with Gasteiger partial charge < -0.3 is 19.9 Å². The molecule has 1 N–H and O–H groups in total. The monoisotopic (exact) mass is 562 g/mol. The molecule has 1 saturated carbocycles. The average Bonchev–Trinajstić information content (AvgIpc) is 3.56. The molecule has 0 spiro atoms. The van der Waals surface area contributed by atoms with Gasteiger partial charge in [-0.2, -0.15) is 21.6 Å². The second-order valence-electron chi connectivity index (χ2n) is 11.5. The van der Waals surface area contributed by atoms with Gasteiger partial charge in [-0.05, 0) is 37.4 Å². The first-order chi connectivity index (χ1) is 17.1. The first-order valence-corrected chi connectivity index (χ1v) is 17.5. The maximum absolute atomic E-state index is 14.7. The third-order valence-corrected chi connectivity index (χ3v) is 10.3. The highest BCUT2D eigenvalue weighted by atomic mass is 32.2. The highest BCUT2D eigenvalue weighted by molar-refractivity contribution is 7.90. The molecule has 14 heteroatoms. The van der Waals surface area contributed by atoms with Gasteiger partial charge in [0.1, 0.15) is 22.6 Å². The van der Waals surface area contributed by atoms with E-state index in [-0.39, 0.29) is 49.2 Å². The number of amidine groups is 1. The Kier molecular flexibility index (Phi) is 6.28. The summed E-state index contributed by atoms with van der Waals surface area (Å²) in [6.45, 7) is 6.38. The Hall–Kier alpha value is -2.35. The molecular formula is C23H30F4N4O4SSi. The van der Waals surface area contributed by atoms with Gasteiger partial charge in [0.05, 0.1) is 18.0 Å². The molecule has 3 atom stereocenters. The van der Waals surface area contributed by atoms with Crippen molar-refractivity contribution in [2.45, 2.75) is 68.1 Å². The van der Waals surface area contributed by atoms with Crippen LogP contribution in [-0.4, -0.2) is 71.3 Å². The summed E-state index contributed by atoms with van der Waals surface area (Å²) >= 11 is 0. The minimum Gasteiger partial charge on any atom is -0.450 e. The number of hydrogen-bond donors (Lipinski definition) is 1. The molecule has 4 aliphatic rings. The molecule has 2 unspecified atom stereocenters. The summed E-state index contributed by atoms with van der Waals surface area (Å²) in [6.07, 6.45) is -3.81. The Balaban J connectivity index is 1.49. The van der Waals surface area contributed by atoms with Crippen molar-refractivity contribution >= 4 is 41.4 Å². The van der Waals surface area contributed by atoms with Gasteiger partial charge >= 0.3 is 12.3 Å². The van der Waals surface area contributed by atoms with Gasteiger partial charge in [-0.15, -0.1) is 4.40 Å². The molecule has 2 saturated heterocycles. The largest absolute Gasteiger partial charge is 0.450 e. The van der Waals surface area contributed by atoms with E-state index in [1.165, 1.54) is 4.90 Å². The molecule has 0 aromatic heterocycles. The van der Waals surface area contributed by atoms with Gasteiger partial charge in [0.25, 0.3) is 10.0 Å². The lowest BCUT2D eigenvalue weighted by atomic mass is 9.95. The molecule has 3 heterocycles. The molecule has 204 valence electrons. The number of likely N-dealkylation sites (tertiary alicyclic amines) is 1. The standard InChI is InChI=1S/C23H30F4N4O4SSi/c1-37(2,3)7-6-35-22(32)30-11-14-8-16(12-30)31(20(14)23(25,26)27)17-9-15(24)10-18-19(17)28-21(13-4-5-13)29-36(18,33)34/h9-10,13-14,16,20H,4-8,11-12H2,1-3H3,(H,28,29)/t14?,16?,20-/m0/s1. The maximum Gasteiger partial charge on any atom is 0.409 e. The number of fused-ring (bicyclic) bond motifs is 3. The number of nitrogens with zero attached hydrogens (tertiary/aromatic N) is 3. The molecule has 1 aliphatic carbocycles. The molecule has 5 rings (SSSR count). The average molecular weight is 563 g/mol. The van der Waals surface area contributed by atoms with E-state index in [1.807, 2.05) is 0 Å². The van der Waals surface area contributed by atoms with E-state index < -0.39 is 59.1 Å². The van der Waals surface area contributed by atoms with Gasteiger partial charge in [0.15, 0.2) is 0 Å². The van der Waals surface area contributed by atoms with E-state index in [1.54, 1.807) is 0 Å². The molecule has 2 bridgehead atoms. The van der Waals surface area contributed by atoms with Crippen LogP contribution in [-0.2, 0) is 14.8 Å². The van der Waals surface area contributed by atoms with Crippen molar-refractivity contribution in [2.75, 3.05) is 29.9 Å². The molecule has 37 heavy (non-hydrogen) atoms. The molecule has 8 nitrogen and oxygen atoms in total. The topological polar surface area (TPSA) is 91.3 Å². The number of carbonyl (C=O) groups is 1. The summed E-state index contributed by atoms with van der Waals surface area (Å²) in [7, 11) is -5.77. The Labute approximate surface area is 214 Å². The summed E-state index contributed by atoms with van der Waals surface area (Å²) in [5, 5.41) is 2.91. The first kappa shape index (κ1) is 26.3. The fourth-order valence-corrected chi connectivity index (χ4v) is 7.36. The number of hydrogen-bond acceptors (Lipinski definition) is 6. The van der Waals surface area contributed by atoms with Gasteiger partial charge in [0.2, 0.25) is 0 Å². The van der Waals surface area contributed by atoms with Crippen LogP contribution in [0.2, 0.25) is 25.7 Å². The summed E-state index contributed by atoms with van der Waals surface area (Å²) in [4.78, 5) is 14.6. The lowest BCUT2D eigenvalue weighted by Gasteiger charge is -2.36. The third kappa shape index (κ3) is 5.18. The minimum absolute atomic E-state index is 0.0452. The van der Waals surface area contributed by atoms with Gasteiger partial charge in [-0.25, -0.2) is 9.18 Å². The quantitative estimate of drug-likeness (QED) is 0.415. The number of rotatable bonds is 5. The van der Waals surface area contributed by atoms with Crippen molar-refractivity contribution in [1.82, 2.24) is 4.90 Å². The summed E-state index contributed by atoms with van der Waals surface area (Å²) in [5.41, 5.74) is -0.278. The molecule has 1 aromatic carbocycles. The first-order valence-electron chi connectivity index (χ1n) is 12.4. The number of alkyl halides is 3. The van der Waals surface area contributed by atoms with E-state index in [0.29, 0.717) is 12.8 Å². The summed E-state index contributed by atoms with van der Waals surface area (Å²) in [6, 6.07) is -0.365. The van der Waals surface area contributed by atoms with Crippen LogP contribution < -0.4 is 10.2 Å². The Morgan fingerprint density at radius 1 is 1.22 bits per heavy atom. The van der Waals surface area contributed by atoms with E-state index in [2.05, 4.69) is 29.4 Å². The number of carbonyl (C=O) groups excluding carboxylic acids is 1. The predicted molar refractivity (Wildman–Crippen MR) is 133 cm³/mol. The number of nitrogens with one attached hydrogen (secondary N) is 1. The second kappa shape index (κ2) is 8.85. The van der Waals surface area contributed by atoms with Crippen LogP contribution in [0.25, 0.3) is 0 Å². The van der Waals surface area contributed by atoms with Crippen LogP contribution in [0.1, 0.15) is 19.3 Å². The van der Waals surface area contributed by atoms with Crippen LogP contribution in [0.15, 0.2) is 21.4 Å². The number of amides is 1. The maximum atomic E-state index is 14.7. The Morgan fingerprint density at radius 2 is 1.92 bits per heavy atom. The predicted octanol–water partition coefficient (Wildman–Crippen LogP) is 4.66. The molecule has 1 aromatic rings. The number of piperidine rings is 1. The zero-order chi connectivity index (χ0) is 26.9. The lowest BCUT2D eigenvalue weighted by Crippen LogP contribution is -2.48. The Morgan fingerprint density at radius 3 is 2.54 bits per heavy atom. The smallest absolute Gasteiger partial charge is 0.409 e. The summed E-state index contributed by atoms with van der Waals surface area (Å²) in [5.74, 6) is -1.91. The zero-order valence-electron chi connectivity index (χ0n) is 20.8. The summed E-state index contributed by atoms with van der Waals surface area (Å²) < 4.78 is 92.9. The van der Waals surface area contributed by atoms with E-state index in [4.69, 9.17) is 4.74 Å². The Bertz CT molecular complexity index is 1250. The van der Waals surface area contributed by atoms with Crippen LogP contribution in [0.4, 0.5) is 33.7 Å². The van der Waals surface area contributed by atoms with Crippen molar-refractivity contribution in [3.05, 3.63) is 17.9 Å². The number of anilines is 2. The van der Waals surface area contributed by atoms with E-state index >= 15 is 0 Å². The highest BCUT2D eigenvalue weighted by Gasteiger charge is 2.59. The van der Waals surface area contributed by atoms with E-state index in [9.17, 15) is 30.8 Å². The third-order valence-electron chi connectivity index (χ3n) is 7.31. The number of halogens is 4. The number of sulfonamides is 1. The SMILES string of the molecule is C[Si](C)(C)CCOC(=O)N1CC2CC(C1)N(c1cc(F)cc3c1NC(C1CC1)=NS3(=O)=O)[C@@H]2C(F)(F)F. The van der Waals surface area contributed by atoms with Crippen molar-refractivity contribution < 1.29 is 35.5 Å². The van der Waals surface area contributed by atoms with Crippen LogP contribution in [0, 0.1) is 17.7 Å². The van der Waals surface area contributed by atoms with Crippen molar-refractivity contribution in [2.24, 2.45) is 16.2 Å². The molecule has 0 radical (unpaired) electrons. The van der Waals surface area contributed by atoms with Gasteiger partial charge in [-0.3, -0.25) is 0 Å². The fourth-order valence-electron chi connectivity index (χ4n) is 5.42. The number of benzene rings is 1. The van der Waals surface area contributed by atoms with Crippen LogP contribution in [0.3, 0.4) is 0 Å². The van der Waals surface area contributed by atoms with E-state index in [0.717, 1.165) is 23.1 Å². The van der Waals surface area contributed by atoms with Crippen LogP contribution >= 0.6 is 0 Å². The van der Waals surface area contributed by atoms with Crippen molar-refractivity contribution in [3.8, 4) is 0 Å². The molecular weight excluding hydrogens is 532 g/mol. The zero-order valence-corrected chi connectivity index (χ0v) is 22.6. The van der Waals surface area contributed by atoms with Crippen LogP contribution in [0.5, 0.6) is 0 Å². The number of ether oxygens (including phenoxy) is 1. The normalized spacial score (nSPS) is 26.9. The molecule has 3 fully saturated rings. The van der Waals surface area contributed by atoms with Gasteiger partial charge in [-0.1, -0.05) is 19.6 Å². The lowest BCUT2D eigenvalue weighted by molar-refractivity contribution is -0.155. The second-order valence-corrected chi connectivity index (χ2v) is 18.7. The fraction of sp³-hybridized carbons (Fsp3) is 0.652. The minimum atomic E-state index is -4.70. The molecule has 1 amide bonds. The molecule has 3 aliphatic heterocycles. The van der Waals surface area contributed by atoms with Gasteiger partial charge in [0, 0.05) is 39.0 Å².